The molecule has 0 radical (unpaired) electrons. The van der Waals surface area contributed by atoms with E-state index in [-0.39, 0.29) is 39.5 Å². The third-order valence-electron chi connectivity index (χ3n) is 7.74. The number of hydrogen-bond donors (Lipinski definition) is 3. The predicted octanol–water partition coefficient (Wildman–Crippen LogP) is 5.97. The molecule has 274 valence electrons. The molecular formula is C33H45Cl2F2N3O6S3. The Labute approximate surface area is 303 Å². The Morgan fingerprint density at radius 3 is 2.14 bits per heavy atom. The van der Waals surface area contributed by atoms with E-state index in [0.29, 0.717) is 32.2 Å². The van der Waals surface area contributed by atoms with Crippen molar-refractivity contribution >= 4 is 61.2 Å². The van der Waals surface area contributed by atoms with Crippen molar-refractivity contribution < 1.29 is 35.1 Å². The summed E-state index contributed by atoms with van der Waals surface area (Å²) in [6.45, 7) is 6.05. The summed E-state index contributed by atoms with van der Waals surface area (Å²) in [5, 5.41) is 2.40. The van der Waals surface area contributed by atoms with Crippen molar-refractivity contribution in [1.29, 1.82) is 0 Å². The molecule has 49 heavy (non-hydrogen) atoms. The molecule has 1 heterocycles. The number of hydrogen-bond acceptors (Lipinski definition) is 9. The van der Waals surface area contributed by atoms with Gasteiger partial charge >= 0.3 is 5.97 Å². The van der Waals surface area contributed by atoms with Gasteiger partial charge in [-0.25, -0.2) is 25.6 Å². The molecular weight excluding hydrogens is 739 g/mol. The zero-order chi connectivity index (χ0) is 35.5. The SMILES string of the molecule is CCCC(CCC)S(=O)(=O)C[C@H](NS(=O)(=O)c1ccc(Cl)s1)C(=O)O[C@H](CNCc1cccc(CC)c1)[C@@H](N)Cc1cc(F)cc(F)c1.Cl. The number of nitrogens with one attached hydrogen (secondary N) is 2. The van der Waals surface area contributed by atoms with Crippen LogP contribution in [0.25, 0.3) is 0 Å². The molecule has 16 heteroatoms. The van der Waals surface area contributed by atoms with Crippen molar-refractivity contribution in [3.8, 4) is 0 Å². The highest BCUT2D eigenvalue weighted by Crippen LogP contribution is 2.26. The summed E-state index contributed by atoms with van der Waals surface area (Å²) in [4.78, 5) is 13.8. The van der Waals surface area contributed by atoms with Crippen molar-refractivity contribution in [2.24, 2.45) is 5.73 Å². The monoisotopic (exact) mass is 783 g/mol. The van der Waals surface area contributed by atoms with E-state index >= 15 is 0 Å². The second-order valence-electron chi connectivity index (χ2n) is 11.7. The fourth-order valence-electron chi connectivity index (χ4n) is 5.32. The zero-order valence-corrected chi connectivity index (χ0v) is 31.7. The average Bonchev–Trinajstić information content (AvgIpc) is 3.46. The van der Waals surface area contributed by atoms with Gasteiger partial charge in [-0.05, 0) is 66.6 Å². The maximum atomic E-state index is 14.0. The van der Waals surface area contributed by atoms with Gasteiger partial charge in [0.25, 0.3) is 10.0 Å². The largest absolute Gasteiger partial charge is 0.458 e. The van der Waals surface area contributed by atoms with E-state index in [1.165, 1.54) is 12.1 Å². The van der Waals surface area contributed by atoms with E-state index in [9.17, 15) is 30.4 Å². The van der Waals surface area contributed by atoms with Crippen molar-refractivity contribution in [3.05, 3.63) is 87.3 Å². The highest BCUT2D eigenvalue weighted by atomic mass is 35.5. The fourth-order valence-corrected chi connectivity index (χ4v) is 10.3. The Bertz CT molecular complexity index is 1700. The smallest absolute Gasteiger partial charge is 0.325 e. The second-order valence-corrected chi connectivity index (χ2v) is 17.7. The van der Waals surface area contributed by atoms with Gasteiger partial charge in [0, 0.05) is 25.2 Å². The van der Waals surface area contributed by atoms with Crippen LogP contribution in [-0.4, -0.2) is 58.5 Å². The molecule has 3 aromatic rings. The summed E-state index contributed by atoms with van der Waals surface area (Å²) in [6, 6.07) is 10.6. The minimum Gasteiger partial charge on any atom is -0.458 e. The summed E-state index contributed by atoms with van der Waals surface area (Å²) in [5.41, 5.74) is 8.75. The van der Waals surface area contributed by atoms with Crippen LogP contribution < -0.4 is 15.8 Å². The van der Waals surface area contributed by atoms with Gasteiger partial charge in [-0.1, -0.05) is 69.5 Å². The number of carbonyl (C=O) groups is 1. The number of benzene rings is 2. The Morgan fingerprint density at radius 2 is 1.57 bits per heavy atom. The quantitative estimate of drug-likeness (QED) is 0.119. The Morgan fingerprint density at radius 1 is 0.939 bits per heavy atom. The first-order valence-electron chi connectivity index (χ1n) is 15.9. The summed E-state index contributed by atoms with van der Waals surface area (Å²) in [7, 11) is -8.39. The van der Waals surface area contributed by atoms with Gasteiger partial charge in [0.1, 0.15) is 28.0 Å². The number of halogens is 4. The van der Waals surface area contributed by atoms with E-state index in [1.807, 2.05) is 45.0 Å². The fraction of sp³-hybridized carbons (Fsp3) is 0.485. The number of esters is 1. The van der Waals surface area contributed by atoms with Crippen LogP contribution in [-0.2, 0) is 48.8 Å². The first kappa shape index (κ1) is 43.0. The minimum absolute atomic E-state index is 0. The molecule has 0 bridgehead atoms. The number of carbonyl (C=O) groups excluding carboxylic acids is 1. The first-order chi connectivity index (χ1) is 22.7. The topological polar surface area (TPSA) is 145 Å². The standard InChI is InChI=1S/C33H44ClF2N3O6S3.ClH/c1-4-8-27(9-5-2)47(41,42)21-29(39-48(43,44)32-13-12-31(34)46-32)33(40)45-30(20-38-19-23-11-7-10-22(6-3)14-23)28(37)17-24-15-25(35)18-26(36)16-24;/h7,10-16,18,27-30,38-39H,4-6,8-9,17,19-21,37H2,1-3H3;1H/t28-,29-,30+;/m0./s1. The van der Waals surface area contributed by atoms with Crippen molar-refractivity contribution in [3.63, 3.8) is 0 Å². The summed E-state index contributed by atoms with van der Waals surface area (Å²) in [5.74, 6) is -3.61. The van der Waals surface area contributed by atoms with E-state index in [1.54, 1.807) is 0 Å². The van der Waals surface area contributed by atoms with Gasteiger partial charge in [0.2, 0.25) is 0 Å². The molecule has 0 fully saturated rings. The predicted molar refractivity (Wildman–Crippen MR) is 194 cm³/mol. The van der Waals surface area contributed by atoms with Gasteiger partial charge in [-0.3, -0.25) is 4.79 Å². The van der Waals surface area contributed by atoms with Crippen LogP contribution in [0.2, 0.25) is 4.34 Å². The van der Waals surface area contributed by atoms with E-state index in [2.05, 4.69) is 10.0 Å². The number of ether oxygens (including phenoxy) is 1. The zero-order valence-electron chi connectivity index (χ0n) is 27.7. The lowest BCUT2D eigenvalue weighted by Crippen LogP contribution is -2.52. The molecule has 3 atom stereocenters. The van der Waals surface area contributed by atoms with Crippen LogP contribution in [0.1, 0.15) is 63.1 Å². The molecule has 9 nitrogen and oxygen atoms in total. The lowest BCUT2D eigenvalue weighted by Gasteiger charge is -2.28. The third kappa shape index (κ3) is 13.5. The molecule has 0 aliphatic carbocycles. The van der Waals surface area contributed by atoms with Crippen molar-refractivity contribution in [1.82, 2.24) is 10.0 Å². The number of aryl methyl sites for hydroxylation is 1. The third-order valence-corrected chi connectivity index (χ3v) is 13.2. The highest BCUT2D eigenvalue weighted by molar-refractivity contribution is 7.92. The lowest BCUT2D eigenvalue weighted by molar-refractivity contribution is -0.151. The molecule has 0 saturated heterocycles. The van der Waals surface area contributed by atoms with Crippen molar-refractivity contribution in [2.75, 3.05) is 12.3 Å². The average molecular weight is 785 g/mol. The van der Waals surface area contributed by atoms with Crippen LogP contribution in [0, 0.1) is 11.6 Å². The molecule has 0 amide bonds. The van der Waals surface area contributed by atoms with Crippen molar-refractivity contribution in [2.45, 2.75) is 93.5 Å². The number of sulfonamides is 1. The number of thiophene rings is 1. The lowest BCUT2D eigenvalue weighted by atomic mass is 10.0. The molecule has 0 saturated carbocycles. The Kier molecular flexibility index (Phi) is 17.6. The van der Waals surface area contributed by atoms with E-state index < -0.39 is 66.7 Å². The van der Waals surface area contributed by atoms with E-state index in [0.717, 1.165) is 47.1 Å². The second kappa shape index (κ2) is 20.0. The summed E-state index contributed by atoms with van der Waals surface area (Å²) >= 11 is 6.70. The minimum atomic E-state index is -4.39. The Balaban J connectivity index is 0.00000833. The number of rotatable bonds is 20. The molecule has 0 spiro atoms. The van der Waals surface area contributed by atoms with Crippen LogP contribution in [0.5, 0.6) is 0 Å². The molecule has 0 aliphatic rings. The normalized spacial score (nSPS) is 13.9. The maximum Gasteiger partial charge on any atom is 0.325 e. The number of nitrogens with two attached hydrogens (primary N) is 1. The van der Waals surface area contributed by atoms with Crippen LogP contribution in [0.15, 0.2) is 58.8 Å². The summed E-state index contributed by atoms with van der Waals surface area (Å²) in [6.07, 6.45) is 1.41. The first-order valence-corrected chi connectivity index (χ1v) is 20.2. The van der Waals surface area contributed by atoms with Gasteiger partial charge in [-0.15, -0.1) is 23.7 Å². The van der Waals surface area contributed by atoms with Gasteiger partial charge < -0.3 is 15.8 Å². The van der Waals surface area contributed by atoms with Crippen LogP contribution >= 0.6 is 35.3 Å². The molecule has 0 aliphatic heterocycles. The number of sulfone groups is 1. The molecule has 0 unspecified atom stereocenters. The highest BCUT2D eigenvalue weighted by Gasteiger charge is 2.37. The van der Waals surface area contributed by atoms with E-state index in [4.69, 9.17) is 22.1 Å². The van der Waals surface area contributed by atoms with Gasteiger partial charge in [-0.2, -0.15) is 4.72 Å². The molecule has 1 aromatic heterocycles. The van der Waals surface area contributed by atoms with Crippen LogP contribution in [0.3, 0.4) is 0 Å². The molecule has 4 N–H and O–H groups in total. The van der Waals surface area contributed by atoms with Gasteiger partial charge in [0.05, 0.1) is 15.3 Å². The maximum absolute atomic E-state index is 14.0. The van der Waals surface area contributed by atoms with Gasteiger partial charge in [0.15, 0.2) is 9.84 Å². The van der Waals surface area contributed by atoms with Crippen LogP contribution in [0.4, 0.5) is 8.78 Å². The summed E-state index contributed by atoms with van der Waals surface area (Å²) < 4.78 is 89.7. The molecule has 3 rings (SSSR count). The molecule has 2 aromatic carbocycles. The Hall–Kier alpha value is -2.17.